The molecule has 16 heteroatoms. The fourth-order valence-electron chi connectivity index (χ4n) is 35.0. The molecule has 0 aliphatic heterocycles. The van der Waals surface area contributed by atoms with Gasteiger partial charge in [-0.3, -0.25) is 28.8 Å². The summed E-state index contributed by atoms with van der Waals surface area (Å²) in [6, 6.07) is 0. The Labute approximate surface area is 723 Å². The van der Waals surface area contributed by atoms with E-state index in [2.05, 4.69) is 83.1 Å². The number of hydrogen-bond donors (Lipinski definition) is 7. The highest BCUT2D eigenvalue weighted by molar-refractivity contribution is 5.84. The third-order valence-corrected chi connectivity index (χ3v) is 41.1. The lowest BCUT2D eigenvalue weighted by Crippen LogP contribution is -2.58. The van der Waals surface area contributed by atoms with Gasteiger partial charge in [-0.15, -0.1) is 0 Å². The second-order valence-electron chi connectivity index (χ2n) is 45.6. The second kappa shape index (κ2) is 38.9. The molecule has 16 nitrogen and oxygen atoms in total. The Morgan fingerprint density at radius 1 is 0.311 bits per heavy atom. The van der Waals surface area contributed by atoms with Crippen LogP contribution in [-0.4, -0.2) is 129 Å². The van der Waals surface area contributed by atoms with Crippen molar-refractivity contribution in [3.63, 3.8) is 0 Å². The monoisotopic (exact) mass is 1670 g/mol. The number of esters is 3. The first kappa shape index (κ1) is 99.8. The van der Waals surface area contributed by atoms with Gasteiger partial charge in [-0.25, -0.2) is 0 Å². The lowest BCUT2D eigenvalue weighted by molar-refractivity contribution is -0.172. The van der Waals surface area contributed by atoms with Crippen molar-refractivity contribution in [1.29, 1.82) is 0 Å². The summed E-state index contributed by atoms with van der Waals surface area (Å²) in [7, 11) is 4.42. The number of ketones is 2. The summed E-state index contributed by atoms with van der Waals surface area (Å²) in [5.41, 5.74) is 1.80. The van der Waals surface area contributed by atoms with Crippen molar-refractivity contribution in [2.45, 2.75) is 406 Å². The molecule has 16 aliphatic rings. The van der Waals surface area contributed by atoms with Gasteiger partial charge < -0.3 is 50.0 Å². The van der Waals surface area contributed by atoms with Crippen molar-refractivity contribution in [2.24, 2.45) is 185 Å². The van der Waals surface area contributed by atoms with E-state index in [1.54, 1.807) is 0 Å². The van der Waals surface area contributed by atoms with Crippen molar-refractivity contribution < 1.29 is 78.7 Å². The zero-order chi connectivity index (χ0) is 83.2. The number of carboxylic acids is 1. The highest BCUT2D eigenvalue weighted by Gasteiger charge is 2.68. The van der Waals surface area contributed by atoms with Crippen molar-refractivity contribution in [2.75, 3.05) is 21.3 Å². The van der Waals surface area contributed by atoms with Gasteiger partial charge in [0.05, 0.1) is 58.0 Å². The number of Topliss-reactive ketones (excluding diaryl/α,β-unsaturated/α-hetero) is 2. The van der Waals surface area contributed by atoms with Crippen molar-refractivity contribution in [3.8, 4) is 0 Å². The topological polar surface area (TPSA) is 272 Å². The van der Waals surface area contributed by atoms with E-state index < -0.39 is 5.97 Å². The lowest BCUT2D eigenvalue weighted by atomic mass is 9.43. The molecular weight excluding hydrogens is 1490 g/mol. The zero-order valence-corrected chi connectivity index (χ0v) is 74.4. The molecule has 0 spiro atoms. The summed E-state index contributed by atoms with van der Waals surface area (Å²) < 4.78 is 14.6. The largest absolute Gasteiger partial charge is 0.481 e. The smallest absolute Gasteiger partial charge is 0.305 e. The summed E-state index contributed by atoms with van der Waals surface area (Å²) >= 11 is 0. The van der Waals surface area contributed by atoms with Gasteiger partial charge in [-0.05, 0) is 392 Å². The van der Waals surface area contributed by atoms with E-state index >= 15 is 0 Å². The molecule has 0 heterocycles. The molecule has 0 aromatic heterocycles. The SMILES string of the molecule is C.C.C.C.COC(=O)CC[C@@H](C)[C@H]1CC[C@H]2[C@@H]3CC(=O)[C@@H]4C[C@H](O)CC[C@]4(C)[C@H]3CC[C@]12C.COC(=O)CC[C@@H](C)[C@H]1CC[C@H]2[C@@H]3CC(=O)[C@H]4C[C@H](O)CC[C@]4(C)[C@H]3CC[C@]12C.COC(=O)CC[C@@H](C)[C@H]1CC[C@H]2[C@@H]3C[C@H](O)[C@@H]4C[C@H](O)CC[C@]4(C)[C@H]3CC[C@]12C.C[C@H](CCC(=O)O)[C@H]1CC[C@H]2[C@@H]3C[C@H](O)[C@@H]4C[C@H](O)CC[C@]4(C)[C@H]3CC[C@]12C. The Morgan fingerprint density at radius 2 is 0.546 bits per heavy atom. The Hall–Kier alpha value is -3.02. The number of rotatable bonds is 16. The van der Waals surface area contributed by atoms with E-state index in [0.717, 1.165) is 116 Å². The molecule has 16 aliphatic carbocycles. The van der Waals surface area contributed by atoms with Gasteiger partial charge in [-0.2, -0.15) is 0 Å². The fourth-order valence-corrected chi connectivity index (χ4v) is 35.0. The number of methoxy groups -OCH3 is 3. The van der Waals surface area contributed by atoms with Crippen LogP contribution in [0.1, 0.15) is 370 Å². The van der Waals surface area contributed by atoms with Crippen LogP contribution in [0, 0.1) is 185 Å². The maximum Gasteiger partial charge on any atom is 0.305 e. The molecule has 16 saturated carbocycles. The van der Waals surface area contributed by atoms with E-state index in [1.165, 1.54) is 124 Å². The van der Waals surface area contributed by atoms with Gasteiger partial charge in [0.25, 0.3) is 0 Å². The molecule has 686 valence electrons. The third-order valence-electron chi connectivity index (χ3n) is 41.1. The molecule has 0 amide bonds. The summed E-state index contributed by atoms with van der Waals surface area (Å²) in [5.74, 6) is 12.8. The minimum absolute atomic E-state index is 0. The van der Waals surface area contributed by atoms with Crippen molar-refractivity contribution in [3.05, 3.63) is 0 Å². The number of carboxylic acid groups (broad SMARTS) is 1. The summed E-state index contributed by atoms with van der Waals surface area (Å²) in [6.45, 7) is 28.8. The van der Waals surface area contributed by atoms with Crippen molar-refractivity contribution in [1.82, 2.24) is 0 Å². The summed E-state index contributed by atoms with van der Waals surface area (Å²) in [6.07, 6.45) is 37.7. The molecule has 0 bridgehead atoms. The van der Waals surface area contributed by atoms with Crippen LogP contribution >= 0.6 is 0 Å². The van der Waals surface area contributed by atoms with Crippen LogP contribution in [0.4, 0.5) is 0 Å². The van der Waals surface area contributed by atoms with Gasteiger partial charge in [0.2, 0.25) is 0 Å². The standard InChI is InChI=1S/C25H42O4.2C25H40O4.C24H40O4.4CH4/c3*1-15(5-8-23(28)29-4)18-6-7-19-17-14-22(27)21-13-16(26)9-11-25(21,3)20(17)10-12-24(18,19)2;1-14(4-7-22(27)28)17-5-6-18-16-13-21(26)20-12-15(25)8-10-24(20,3)19(16)9-11-23(17,18)2;;;;/h15-22,26-27H,5-14H2,1-4H3;2*15-21,26H,5-14H2,1-4H3;14-21,25-26H,4-13H2,1-3H3,(H,27,28);4*1H4/t15-,16-,17+,18-,19+,20+,21+,22+,24-,25-;15-,16-,17+,18-,19+,20+,21+,24-,25-;15-,16-,17+,18-,19+,20+,21-,24-,25-;14-,15-,16+,17-,18+,19+,20+,21+,23-,24-;;;;/m1111..../s1. The maximum absolute atomic E-state index is 13.2. The summed E-state index contributed by atoms with van der Waals surface area (Å²) in [4.78, 5) is 72.3. The summed E-state index contributed by atoms with van der Waals surface area (Å²) in [5, 5.41) is 72.1. The predicted molar refractivity (Wildman–Crippen MR) is 473 cm³/mol. The van der Waals surface area contributed by atoms with E-state index in [4.69, 9.17) is 19.3 Å². The first-order valence-electron chi connectivity index (χ1n) is 47.8. The Balaban J connectivity index is 0.000000179. The Bertz CT molecular complexity index is 3300. The molecule has 7 N–H and O–H groups in total. The van der Waals surface area contributed by atoms with Gasteiger partial charge >= 0.3 is 23.9 Å². The predicted octanol–water partition coefficient (Wildman–Crippen LogP) is 21.1. The first-order chi connectivity index (χ1) is 54.3. The average molecular weight is 1670 g/mol. The quantitative estimate of drug-likeness (QED) is 0.0559. The average Bonchev–Trinajstić information content (AvgIpc) is 1.70. The Kier molecular flexibility index (Phi) is 32.6. The molecule has 0 radical (unpaired) electrons. The lowest BCUT2D eigenvalue weighted by Gasteiger charge is -2.62. The molecular formula is C103H178O16. The minimum atomic E-state index is -0.677. The highest BCUT2D eigenvalue weighted by Crippen LogP contribution is 2.74. The molecule has 0 saturated heterocycles. The van der Waals surface area contributed by atoms with Gasteiger partial charge in [0.15, 0.2) is 0 Å². The third kappa shape index (κ3) is 18.3. The fraction of sp³-hybridized carbons (Fsp3) is 0.942. The van der Waals surface area contributed by atoms with Gasteiger partial charge in [-0.1, -0.05) is 113 Å². The van der Waals surface area contributed by atoms with Crippen LogP contribution in [-0.2, 0) is 43.0 Å². The highest BCUT2D eigenvalue weighted by atomic mass is 16.5. The molecule has 119 heavy (non-hydrogen) atoms. The van der Waals surface area contributed by atoms with Crippen LogP contribution in [0.5, 0.6) is 0 Å². The van der Waals surface area contributed by atoms with Crippen LogP contribution in [0.25, 0.3) is 0 Å². The number of fused-ring (bicyclic) bond motifs is 20. The van der Waals surface area contributed by atoms with Crippen LogP contribution in [0.3, 0.4) is 0 Å². The number of carbonyl (C=O) groups is 6. The van der Waals surface area contributed by atoms with Crippen LogP contribution < -0.4 is 0 Å². The number of hydrogen-bond acceptors (Lipinski definition) is 15. The maximum atomic E-state index is 13.2. The van der Waals surface area contributed by atoms with Crippen molar-refractivity contribution >= 4 is 35.4 Å². The minimum Gasteiger partial charge on any atom is -0.481 e. The van der Waals surface area contributed by atoms with E-state index in [-0.39, 0.29) is 136 Å². The normalized spacial score (nSPS) is 47.6. The van der Waals surface area contributed by atoms with E-state index in [0.29, 0.717) is 184 Å². The van der Waals surface area contributed by atoms with E-state index in [9.17, 15) is 59.4 Å². The number of aliphatic hydroxyl groups is 6. The zero-order valence-electron chi connectivity index (χ0n) is 74.4. The molecule has 0 aromatic carbocycles. The van der Waals surface area contributed by atoms with E-state index in [1.807, 2.05) is 0 Å². The van der Waals surface area contributed by atoms with Crippen LogP contribution in [0.2, 0.25) is 0 Å². The molecule has 16 rings (SSSR count). The number of aliphatic hydroxyl groups excluding tert-OH is 6. The number of ether oxygens (including phenoxy) is 3. The molecule has 0 unspecified atom stereocenters. The number of aliphatic carboxylic acids is 1. The van der Waals surface area contributed by atoms with Gasteiger partial charge in [0, 0.05) is 50.4 Å². The molecule has 0 aromatic rings. The Morgan fingerprint density at radius 3 is 0.824 bits per heavy atom. The van der Waals surface area contributed by atoms with Gasteiger partial charge in [0.1, 0.15) is 11.6 Å². The second-order valence-corrected chi connectivity index (χ2v) is 45.6. The number of carbonyl (C=O) groups excluding carboxylic acids is 5. The first-order valence-corrected chi connectivity index (χ1v) is 47.8. The molecule has 38 atom stereocenters. The van der Waals surface area contributed by atoms with Crippen LogP contribution in [0.15, 0.2) is 0 Å². The molecule has 16 fully saturated rings.